The van der Waals surface area contributed by atoms with Crippen molar-refractivity contribution in [2.24, 2.45) is 11.7 Å². The van der Waals surface area contributed by atoms with E-state index >= 15 is 0 Å². The molecule has 0 heterocycles. The Morgan fingerprint density at radius 2 is 1.87 bits per heavy atom. The zero-order valence-electron chi connectivity index (χ0n) is 18.4. The van der Waals surface area contributed by atoms with Crippen LogP contribution in [0.5, 0.6) is 11.5 Å². The molecule has 0 aliphatic carbocycles. The van der Waals surface area contributed by atoms with Gasteiger partial charge in [0.15, 0.2) is 21.3 Å². The fourth-order valence-corrected chi connectivity index (χ4v) is 4.10. The van der Waals surface area contributed by atoms with Gasteiger partial charge in [-0.1, -0.05) is 13.8 Å². The summed E-state index contributed by atoms with van der Waals surface area (Å²) in [4.78, 5) is 22.3. The average molecular weight is 445 g/mol. The average Bonchev–Trinajstić information content (AvgIpc) is 2.64. The van der Waals surface area contributed by atoms with Crippen LogP contribution < -0.4 is 20.5 Å². The van der Waals surface area contributed by atoms with E-state index in [1.165, 1.54) is 32.2 Å². The van der Waals surface area contributed by atoms with Crippen LogP contribution in [0.3, 0.4) is 0 Å². The normalized spacial score (nSPS) is 14.5. The van der Waals surface area contributed by atoms with E-state index in [4.69, 9.17) is 19.9 Å². The molecule has 0 fully saturated rings. The van der Waals surface area contributed by atoms with Gasteiger partial charge in [0.25, 0.3) is 0 Å². The third kappa shape index (κ3) is 6.09. The Morgan fingerprint density at radius 3 is 2.30 bits per heavy atom. The summed E-state index contributed by atoms with van der Waals surface area (Å²) in [6.45, 7) is 6.56. The van der Waals surface area contributed by atoms with Crippen LogP contribution in [0, 0.1) is 5.92 Å². The molecule has 0 saturated heterocycles. The predicted octanol–water partition coefficient (Wildman–Crippen LogP) is 1.34. The van der Waals surface area contributed by atoms with E-state index in [1.54, 1.807) is 6.92 Å². The van der Waals surface area contributed by atoms with E-state index in [0.29, 0.717) is 12.4 Å². The number of carbonyl (C=O) groups is 2. The highest BCUT2D eigenvalue weighted by Gasteiger charge is 2.47. The molecule has 1 aromatic carbocycles. The largest absolute Gasteiger partial charge is 0.493 e. The van der Waals surface area contributed by atoms with Crippen LogP contribution in [0.25, 0.3) is 0 Å². The van der Waals surface area contributed by atoms with Gasteiger partial charge in [0.05, 0.1) is 20.3 Å². The number of nitrogens with two attached hydrogens (primary N) is 1. The van der Waals surface area contributed by atoms with Gasteiger partial charge in [0.2, 0.25) is 10.8 Å². The monoisotopic (exact) mass is 444 g/mol. The van der Waals surface area contributed by atoms with Gasteiger partial charge < -0.3 is 25.3 Å². The molecular formula is C20H32N2O7S. The van der Waals surface area contributed by atoms with E-state index < -0.39 is 39.2 Å². The Kier molecular flexibility index (Phi) is 9.10. The number of nitrogens with one attached hydrogen (secondary N) is 1. The minimum Gasteiger partial charge on any atom is -0.493 e. The van der Waals surface area contributed by atoms with Crippen molar-refractivity contribution < 1.29 is 32.2 Å². The van der Waals surface area contributed by atoms with E-state index in [1.807, 2.05) is 13.8 Å². The summed E-state index contributed by atoms with van der Waals surface area (Å²) in [7, 11) is -2.59. The number of amides is 1. The van der Waals surface area contributed by atoms with Crippen LogP contribution >= 0.6 is 0 Å². The topological polar surface area (TPSA) is 134 Å². The minimum absolute atomic E-state index is 0.0467. The van der Waals surface area contributed by atoms with Crippen LogP contribution in [-0.4, -0.2) is 52.9 Å². The lowest BCUT2D eigenvalue weighted by atomic mass is 10.0. The molecule has 0 unspecified atom stereocenters. The number of benzene rings is 1. The number of carbonyl (C=O) groups excluding carboxylic acids is 2. The smallest absolute Gasteiger partial charge is 0.330 e. The van der Waals surface area contributed by atoms with E-state index in [-0.39, 0.29) is 23.7 Å². The SMILES string of the molecule is CCOc1cc([C@](CN)(OC(=O)[C@@H](CC(C)C)NC(C)=O)S(C)(=O)=O)ccc1OC. The molecule has 10 heteroatoms. The highest BCUT2D eigenvalue weighted by atomic mass is 32.2. The van der Waals surface area contributed by atoms with Crippen LogP contribution in [0.4, 0.5) is 0 Å². The maximum Gasteiger partial charge on any atom is 0.330 e. The number of esters is 1. The molecule has 0 aliphatic rings. The number of ether oxygens (including phenoxy) is 3. The molecule has 0 bridgehead atoms. The van der Waals surface area contributed by atoms with Crippen molar-refractivity contribution >= 4 is 21.7 Å². The first kappa shape index (κ1) is 25.7. The Balaban J connectivity index is 3.51. The van der Waals surface area contributed by atoms with Crippen molar-refractivity contribution in [2.75, 3.05) is 26.5 Å². The maximum atomic E-state index is 12.9. The summed E-state index contributed by atoms with van der Waals surface area (Å²) >= 11 is 0. The van der Waals surface area contributed by atoms with Crippen molar-refractivity contribution in [3.63, 3.8) is 0 Å². The zero-order valence-corrected chi connectivity index (χ0v) is 19.2. The van der Waals surface area contributed by atoms with Gasteiger partial charge in [-0.15, -0.1) is 0 Å². The van der Waals surface area contributed by atoms with E-state index in [2.05, 4.69) is 5.32 Å². The first-order valence-corrected chi connectivity index (χ1v) is 11.5. The van der Waals surface area contributed by atoms with Gasteiger partial charge >= 0.3 is 5.97 Å². The van der Waals surface area contributed by atoms with E-state index in [0.717, 1.165) is 6.26 Å². The first-order chi connectivity index (χ1) is 13.9. The third-order valence-electron chi connectivity index (χ3n) is 4.41. The van der Waals surface area contributed by atoms with Gasteiger partial charge in [0.1, 0.15) is 6.04 Å². The zero-order chi connectivity index (χ0) is 23.1. The lowest BCUT2D eigenvalue weighted by Gasteiger charge is -2.33. The Morgan fingerprint density at radius 1 is 1.23 bits per heavy atom. The molecule has 1 aromatic rings. The molecule has 0 spiro atoms. The van der Waals surface area contributed by atoms with Crippen molar-refractivity contribution in [3.05, 3.63) is 23.8 Å². The van der Waals surface area contributed by atoms with E-state index in [9.17, 15) is 18.0 Å². The Labute approximate surface area is 178 Å². The molecule has 0 saturated carbocycles. The van der Waals surface area contributed by atoms with Gasteiger partial charge in [-0.2, -0.15) is 0 Å². The molecule has 1 amide bonds. The molecule has 0 radical (unpaired) electrons. The van der Waals surface area contributed by atoms with Crippen molar-refractivity contribution in [1.82, 2.24) is 5.32 Å². The Hall–Kier alpha value is -2.33. The predicted molar refractivity (Wildman–Crippen MR) is 113 cm³/mol. The van der Waals surface area contributed by atoms with Crippen LogP contribution in [0.15, 0.2) is 18.2 Å². The summed E-state index contributed by atoms with van der Waals surface area (Å²) in [5.41, 5.74) is 5.98. The van der Waals surface area contributed by atoms with Gasteiger partial charge in [0, 0.05) is 18.7 Å². The lowest BCUT2D eigenvalue weighted by Crippen LogP contribution is -2.51. The molecule has 0 aromatic heterocycles. The summed E-state index contributed by atoms with van der Waals surface area (Å²) < 4.78 is 41.9. The second-order valence-electron chi connectivity index (χ2n) is 7.33. The standard InChI is InChI=1S/C20H32N2O7S/c1-7-28-18-11-15(8-9-17(18)27-5)20(12-21,30(6,25)26)29-19(24)16(10-13(2)3)22-14(4)23/h8-9,11,13,16H,7,10,12,21H2,1-6H3,(H,22,23)/t16-,20-/m1/s1. The number of hydrogen-bond donors (Lipinski definition) is 2. The molecule has 170 valence electrons. The third-order valence-corrected chi connectivity index (χ3v) is 6.09. The highest BCUT2D eigenvalue weighted by Crippen LogP contribution is 2.37. The quantitative estimate of drug-likeness (QED) is 0.489. The number of hydrogen-bond acceptors (Lipinski definition) is 8. The first-order valence-electron chi connectivity index (χ1n) is 9.62. The summed E-state index contributed by atoms with van der Waals surface area (Å²) in [6.07, 6.45) is 1.21. The fourth-order valence-electron chi connectivity index (χ4n) is 3.01. The van der Waals surface area contributed by atoms with Crippen LogP contribution in [0.1, 0.15) is 39.7 Å². The highest BCUT2D eigenvalue weighted by molar-refractivity contribution is 7.91. The van der Waals surface area contributed by atoms with Crippen LogP contribution in [-0.2, 0) is 29.1 Å². The fraction of sp³-hybridized carbons (Fsp3) is 0.600. The second-order valence-corrected chi connectivity index (χ2v) is 9.54. The molecule has 1 rings (SSSR count). The molecular weight excluding hydrogens is 412 g/mol. The number of sulfone groups is 1. The minimum atomic E-state index is -4.04. The summed E-state index contributed by atoms with van der Waals surface area (Å²) in [5.74, 6) is -0.592. The lowest BCUT2D eigenvalue weighted by molar-refractivity contribution is -0.156. The molecule has 2 atom stereocenters. The molecule has 0 aliphatic heterocycles. The summed E-state index contributed by atoms with van der Waals surface area (Å²) in [6, 6.07) is 3.39. The molecule has 30 heavy (non-hydrogen) atoms. The van der Waals surface area contributed by atoms with Crippen molar-refractivity contribution in [2.45, 2.75) is 45.1 Å². The Bertz CT molecular complexity index is 855. The van der Waals surface area contributed by atoms with Crippen molar-refractivity contribution in [1.29, 1.82) is 0 Å². The van der Waals surface area contributed by atoms with Gasteiger partial charge in [-0.05, 0) is 37.5 Å². The number of methoxy groups -OCH3 is 1. The van der Waals surface area contributed by atoms with Gasteiger partial charge in [-0.3, -0.25) is 4.79 Å². The second kappa shape index (κ2) is 10.6. The van der Waals surface area contributed by atoms with Gasteiger partial charge in [-0.25, -0.2) is 13.2 Å². The number of rotatable bonds is 11. The van der Waals surface area contributed by atoms with Crippen LogP contribution in [0.2, 0.25) is 0 Å². The van der Waals surface area contributed by atoms with Crippen molar-refractivity contribution in [3.8, 4) is 11.5 Å². The molecule has 3 N–H and O–H groups in total. The molecule has 9 nitrogen and oxygen atoms in total. The summed E-state index contributed by atoms with van der Waals surface area (Å²) in [5, 5.41) is 2.52. The maximum absolute atomic E-state index is 12.9.